The highest BCUT2D eigenvalue weighted by Gasteiger charge is 2.14. The van der Waals surface area contributed by atoms with E-state index in [2.05, 4.69) is 29.4 Å². The van der Waals surface area contributed by atoms with Gasteiger partial charge in [-0.05, 0) is 62.4 Å². The quantitative estimate of drug-likeness (QED) is 0.828. The molecule has 0 spiro atoms. The monoisotopic (exact) mass is 329 g/mol. The summed E-state index contributed by atoms with van der Waals surface area (Å²) in [5.74, 6) is -2.00. The predicted octanol–water partition coefficient (Wildman–Crippen LogP) is 3.25. The lowest BCUT2D eigenvalue weighted by Gasteiger charge is -2.21. The Labute approximate surface area is 140 Å². The van der Waals surface area contributed by atoms with Gasteiger partial charge in [-0.25, -0.2) is 4.39 Å². The van der Waals surface area contributed by atoms with E-state index in [1.807, 2.05) is 12.1 Å². The first-order valence-corrected chi connectivity index (χ1v) is 7.76. The average Bonchev–Trinajstić information content (AvgIpc) is 2.59. The Morgan fingerprint density at radius 2 is 1.25 bits per heavy atom. The summed E-state index contributed by atoms with van der Waals surface area (Å²) in [6, 6.07) is 12.5. The molecule has 0 heterocycles. The number of nitrogens with zero attached hydrogens (tertiary/aromatic N) is 1. The zero-order valence-electron chi connectivity index (χ0n) is 13.7. The molecule has 0 aromatic heterocycles. The number of hydrogen-bond acceptors (Lipinski definition) is 3. The second-order valence-electron chi connectivity index (χ2n) is 5.13. The number of carbonyl (C=O) groups excluding carboxylic acids is 2. The lowest BCUT2D eigenvalue weighted by Crippen LogP contribution is -2.29. The number of anilines is 3. The Morgan fingerprint density at radius 3 is 1.67 bits per heavy atom. The van der Waals surface area contributed by atoms with Gasteiger partial charge in [-0.3, -0.25) is 9.59 Å². The fourth-order valence-electron chi connectivity index (χ4n) is 2.25. The van der Waals surface area contributed by atoms with Gasteiger partial charge in [0.15, 0.2) is 0 Å². The zero-order chi connectivity index (χ0) is 17.5. The maximum absolute atomic E-state index is 12.8. The molecule has 2 aromatic carbocycles. The maximum atomic E-state index is 12.8. The Hall–Kier alpha value is -2.89. The molecule has 2 amide bonds. The largest absolute Gasteiger partial charge is 0.372 e. The third-order valence-corrected chi connectivity index (χ3v) is 3.56. The van der Waals surface area contributed by atoms with Crippen LogP contribution in [0.1, 0.15) is 13.8 Å². The molecule has 24 heavy (non-hydrogen) atoms. The predicted molar refractivity (Wildman–Crippen MR) is 93.7 cm³/mol. The molecule has 6 heteroatoms. The van der Waals surface area contributed by atoms with E-state index in [0.29, 0.717) is 11.4 Å². The Morgan fingerprint density at radius 1 is 0.833 bits per heavy atom. The van der Waals surface area contributed by atoms with Crippen molar-refractivity contribution in [1.82, 2.24) is 0 Å². The standard InChI is InChI=1S/C18H20FN3O2/c1-3-22(4-2)16-11-9-15(10-12-16)21-18(24)17(23)20-14-7-5-13(19)6-8-14/h5-12H,3-4H2,1-2H3,(H,20,23)(H,21,24). The van der Waals surface area contributed by atoms with Gasteiger partial charge < -0.3 is 15.5 Å². The fourth-order valence-corrected chi connectivity index (χ4v) is 2.25. The van der Waals surface area contributed by atoms with Gasteiger partial charge in [-0.2, -0.15) is 0 Å². The van der Waals surface area contributed by atoms with Crippen LogP contribution in [0.5, 0.6) is 0 Å². The Bertz CT molecular complexity index is 695. The van der Waals surface area contributed by atoms with Crippen LogP contribution in [0, 0.1) is 5.82 Å². The van der Waals surface area contributed by atoms with Gasteiger partial charge in [-0.15, -0.1) is 0 Å². The lowest BCUT2D eigenvalue weighted by molar-refractivity contribution is -0.132. The van der Waals surface area contributed by atoms with Crippen molar-refractivity contribution in [1.29, 1.82) is 0 Å². The molecule has 0 saturated carbocycles. The Balaban J connectivity index is 1.96. The van der Waals surface area contributed by atoms with Crippen molar-refractivity contribution >= 4 is 28.9 Å². The van der Waals surface area contributed by atoms with Crippen molar-refractivity contribution in [3.8, 4) is 0 Å². The van der Waals surface area contributed by atoms with Crippen LogP contribution in [0.25, 0.3) is 0 Å². The van der Waals surface area contributed by atoms with Crippen molar-refractivity contribution in [3.05, 3.63) is 54.3 Å². The molecule has 5 nitrogen and oxygen atoms in total. The minimum absolute atomic E-state index is 0.355. The van der Waals surface area contributed by atoms with Crippen molar-refractivity contribution in [3.63, 3.8) is 0 Å². The van der Waals surface area contributed by atoms with E-state index < -0.39 is 17.6 Å². The number of hydrogen-bond donors (Lipinski definition) is 2. The molecular weight excluding hydrogens is 309 g/mol. The van der Waals surface area contributed by atoms with Crippen LogP contribution in [-0.2, 0) is 9.59 Å². The van der Waals surface area contributed by atoms with E-state index in [4.69, 9.17) is 0 Å². The van der Waals surface area contributed by atoms with E-state index in [1.54, 1.807) is 12.1 Å². The van der Waals surface area contributed by atoms with Crippen LogP contribution >= 0.6 is 0 Å². The van der Waals surface area contributed by atoms with Crippen molar-refractivity contribution in [2.75, 3.05) is 28.6 Å². The first-order chi connectivity index (χ1) is 11.5. The molecule has 2 aromatic rings. The number of nitrogens with one attached hydrogen (secondary N) is 2. The van der Waals surface area contributed by atoms with E-state index >= 15 is 0 Å². The maximum Gasteiger partial charge on any atom is 0.314 e. The number of carbonyl (C=O) groups is 2. The van der Waals surface area contributed by atoms with E-state index in [1.165, 1.54) is 24.3 Å². The van der Waals surface area contributed by atoms with Crippen LogP contribution in [-0.4, -0.2) is 24.9 Å². The smallest absolute Gasteiger partial charge is 0.314 e. The number of halogens is 1. The molecule has 0 fully saturated rings. The SMILES string of the molecule is CCN(CC)c1ccc(NC(=O)C(=O)Nc2ccc(F)cc2)cc1. The molecule has 0 unspecified atom stereocenters. The van der Waals surface area contributed by atoms with Crippen LogP contribution in [0.15, 0.2) is 48.5 Å². The van der Waals surface area contributed by atoms with E-state index in [-0.39, 0.29) is 0 Å². The van der Waals surface area contributed by atoms with Crippen molar-refractivity contribution in [2.45, 2.75) is 13.8 Å². The first kappa shape index (κ1) is 17.5. The summed E-state index contributed by atoms with van der Waals surface area (Å²) in [4.78, 5) is 25.9. The van der Waals surface area contributed by atoms with Crippen LogP contribution in [0.4, 0.5) is 21.5 Å². The van der Waals surface area contributed by atoms with Crippen LogP contribution in [0.3, 0.4) is 0 Å². The molecular formula is C18H20FN3O2. The number of amides is 2. The summed E-state index contributed by atoms with van der Waals surface area (Å²) in [5, 5.41) is 4.94. The molecule has 2 N–H and O–H groups in total. The van der Waals surface area contributed by atoms with Gasteiger partial charge in [0.25, 0.3) is 0 Å². The van der Waals surface area contributed by atoms with E-state index in [9.17, 15) is 14.0 Å². The highest BCUT2D eigenvalue weighted by molar-refractivity contribution is 6.43. The molecule has 0 bridgehead atoms. The summed E-state index contributed by atoms with van der Waals surface area (Å²) in [7, 11) is 0. The first-order valence-electron chi connectivity index (χ1n) is 7.76. The van der Waals surface area contributed by atoms with Gasteiger partial charge in [0, 0.05) is 30.2 Å². The summed E-state index contributed by atoms with van der Waals surface area (Å²) < 4.78 is 12.8. The normalized spacial score (nSPS) is 10.1. The molecule has 0 aliphatic heterocycles. The third kappa shape index (κ3) is 4.55. The molecule has 126 valence electrons. The zero-order valence-corrected chi connectivity index (χ0v) is 13.7. The average molecular weight is 329 g/mol. The highest BCUT2D eigenvalue weighted by atomic mass is 19.1. The fraction of sp³-hybridized carbons (Fsp3) is 0.222. The second kappa shape index (κ2) is 8.10. The second-order valence-corrected chi connectivity index (χ2v) is 5.13. The molecule has 0 atom stereocenters. The number of rotatable bonds is 5. The molecule has 2 rings (SSSR count). The minimum Gasteiger partial charge on any atom is -0.372 e. The van der Waals surface area contributed by atoms with E-state index in [0.717, 1.165) is 18.8 Å². The molecule has 0 aliphatic rings. The Kier molecular flexibility index (Phi) is 5.89. The topological polar surface area (TPSA) is 61.4 Å². The number of benzene rings is 2. The van der Waals surface area contributed by atoms with Crippen molar-refractivity contribution in [2.24, 2.45) is 0 Å². The molecule has 0 saturated heterocycles. The van der Waals surface area contributed by atoms with Crippen molar-refractivity contribution < 1.29 is 14.0 Å². The molecule has 0 radical (unpaired) electrons. The highest BCUT2D eigenvalue weighted by Crippen LogP contribution is 2.17. The summed E-state index contributed by atoms with van der Waals surface area (Å²) in [6.45, 7) is 5.92. The summed E-state index contributed by atoms with van der Waals surface area (Å²) in [5.41, 5.74) is 1.94. The lowest BCUT2D eigenvalue weighted by atomic mass is 10.2. The minimum atomic E-state index is -0.811. The van der Waals surface area contributed by atoms with Gasteiger partial charge in [-0.1, -0.05) is 0 Å². The van der Waals surface area contributed by atoms with Gasteiger partial charge in [0.05, 0.1) is 0 Å². The summed E-state index contributed by atoms with van der Waals surface area (Å²) in [6.07, 6.45) is 0. The van der Waals surface area contributed by atoms with Gasteiger partial charge in [0.1, 0.15) is 5.82 Å². The van der Waals surface area contributed by atoms with Gasteiger partial charge >= 0.3 is 11.8 Å². The van der Waals surface area contributed by atoms with Gasteiger partial charge in [0.2, 0.25) is 0 Å². The summed E-state index contributed by atoms with van der Waals surface area (Å²) >= 11 is 0. The third-order valence-electron chi connectivity index (χ3n) is 3.56. The molecule has 0 aliphatic carbocycles. The van der Waals surface area contributed by atoms with Crippen LogP contribution < -0.4 is 15.5 Å². The van der Waals surface area contributed by atoms with Crippen LogP contribution in [0.2, 0.25) is 0 Å².